The standard InChI is InChI=1S/C8H16O4/c1-5(10-2)8-6(9)4-7(11-3)12-8/h5-9H,4H2,1-3H3/t5-,6+,7+,8+/m1/s1. The zero-order chi connectivity index (χ0) is 9.14. The van der Waals surface area contributed by atoms with E-state index in [1.165, 1.54) is 0 Å². The van der Waals surface area contributed by atoms with E-state index in [1.54, 1.807) is 14.2 Å². The first kappa shape index (κ1) is 9.92. The van der Waals surface area contributed by atoms with Gasteiger partial charge in [-0.25, -0.2) is 0 Å². The largest absolute Gasteiger partial charge is 0.390 e. The van der Waals surface area contributed by atoms with Crippen LogP contribution in [0.3, 0.4) is 0 Å². The second-order valence-electron chi connectivity index (χ2n) is 3.01. The Labute approximate surface area is 72.4 Å². The molecule has 1 rings (SSSR count). The number of hydrogen-bond acceptors (Lipinski definition) is 4. The van der Waals surface area contributed by atoms with Gasteiger partial charge in [-0.15, -0.1) is 0 Å². The van der Waals surface area contributed by atoms with Gasteiger partial charge in [0, 0.05) is 20.6 Å². The maximum atomic E-state index is 9.51. The van der Waals surface area contributed by atoms with Crippen molar-refractivity contribution in [1.82, 2.24) is 0 Å². The average molecular weight is 176 g/mol. The van der Waals surface area contributed by atoms with Crippen molar-refractivity contribution < 1.29 is 19.3 Å². The van der Waals surface area contributed by atoms with E-state index >= 15 is 0 Å². The fourth-order valence-electron chi connectivity index (χ4n) is 1.36. The molecule has 0 spiro atoms. The Morgan fingerprint density at radius 3 is 2.58 bits per heavy atom. The number of hydrogen-bond donors (Lipinski definition) is 1. The van der Waals surface area contributed by atoms with Crippen molar-refractivity contribution in [3.05, 3.63) is 0 Å². The smallest absolute Gasteiger partial charge is 0.160 e. The number of aliphatic hydroxyl groups is 1. The molecule has 12 heavy (non-hydrogen) atoms. The molecule has 0 bridgehead atoms. The van der Waals surface area contributed by atoms with Crippen molar-refractivity contribution in [3.63, 3.8) is 0 Å². The summed E-state index contributed by atoms with van der Waals surface area (Å²) in [4.78, 5) is 0. The van der Waals surface area contributed by atoms with E-state index in [2.05, 4.69) is 0 Å². The van der Waals surface area contributed by atoms with Gasteiger partial charge in [0.1, 0.15) is 6.10 Å². The van der Waals surface area contributed by atoms with Crippen molar-refractivity contribution in [2.75, 3.05) is 14.2 Å². The van der Waals surface area contributed by atoms with Crippen LogP contribution in [0.5, 0.6) is 0 Å². The molecule has 0 aromatic heterocycles. The zero-order valence-corrected chi connectivity index (χ0v) is 7.69. The second kappa shape index (κ2) is 4.18. The molecule has 0 radical (unpaired) electrons. The monoisotopic (exact) mass is 176 g/mol. The fraction of sp³-hybridized carbons (Fsp3) is 1.00. The Hall–Kier alpha value is -0.160. The minimum absolute atomic E-state index is 0.0971. The molecule has 4 atom stereocenters. The summed E-state index contributed by atoms with van der Waals surface area (Å²) in [6.45, 7) is 1.87. The van der Waals surface area contributed by atoms with Crippen molar-refractivity contribution in [2.45, 2.75) is 37.9 Å². The van der Waals surface area contributed by atoms with Crippen LogP contribution in [-0.4, -0.2) is 43.9 Å². The van der Waals surface area contributed by atoms with E-state index in [9.17, 15) is 5.11 Å². The Morgan fingerprint density at radius 1 is 1.50 bits per heavy atom. The maximum Gasteiger partial charge on any atom is 0.160 e. The van der Waals surface area contributed by atoms with Gasteiger partial charge < -0.3 is 19.3 Å². The predicted molar refractivity (Wildman–Crippen MR) is 42.8 cm³/mol. The van der Waals surface area contributed by atoms with Crippen LogP contribution >= 0.6 is 0 Å². The van der Waals surface area contributed by atoms with Gasteiger partial charge in [-0.2, -0.15) is 0 Å². The molecule has 0 aromatic rings. The molecule has 1 saturated heterocycles. The molecule has 1 heterocycles. The minimum atomic E-state index is -0.482. The van der Waals surface area contributed by atoms with E-state index < -0.39 is 6.10 Å². The summed E-state index contributed by atoms with van der Waals surface area (Å²) in [5.41, 5.74) is 0. The van der Waals surface area contributed by atoms with E-state index in [4.69, 9.17) is 14.2 Å². The van der Waals surface area contributed by atoms with Gasteiger partial charge in [-0.3, -0.25) is 0 Å². The molecule has 4 nitrogen and oxygen atoms in total. The van der Waals surface area contributed by atoms with Crippen LogP contribution in [0.4, 0.5) is 0 Å². The lowest BCUT2D eigenvalue weighted by Gasteiger charge is -2.20. The first-order valence-electron chi connectivity index (χ1n) is 4.08. The third-order valence-electron chi connectivity index (χ3n) is 2.22. The molecular formula is C8H16O4. The molecule has 0 amide bonds. The summed E-state index contributed by atoms with van der Waals surface area (Å²) in [7, 11) is 3.16. The van der Waals surface area contributed by atoms with Gasteiger partial charge in [0.2, 0.25) is 0 Å². The third kappa shape index (κ3) is 1.95. The highest BCUT2D eigenvalue weighted by Crippen LogP contribution is 2.24. The Balaban J connectivity index is 2.45. The molecule has 0 unspecified atom stereocenters. The average Bonchev–Trinajstić information content (AvgIpc) is 2.45. The molecular weight excluding hydrogens is 160 g/mol. The van der Waals surface area contributed by atoms with E-state index in [0.717, 1.165) is 0 Å². The quantitative estimate of drug-likeness (QED) is 0.664. The lowest BCUT2D eigenvalue weighted by Crippen LogP contribution is -2.33. The van der Waals surface area contributed by atoms with Crippen molar-refractivity contribution in [3.8, 4) is 0 Å². The molecule has 1 N–H and O–H groups in total. The third-order valence-corrected chi connectivity index (χ3v) is 2.22. The molecule has 72 valence electrons. The van der Waals surface area contributed by atoms with Crippen LogP contribution in [-0.2, 0) is 14.2 Å². The molecule has 4 heteroatoms. The van der Waals surface area contributed by atoms with Crippen LogP contribution in [0.15, 0.2) is 0 Å². The SMILES string of the molecule is CO[C@@H]1C[C@H](O)[C@H]([C@@H](C)OC)O1. The minimum Gasteiger partial charge on any atom is -0.390 e. The van der Waals surface area contributed by atoms with Gasteiger partial charge in [0.15, 0.2) is 6.29 Å². The van der Waals surface area contributed by atoms with Gasteiger partial charge >= 0.3 is 0 Å². The van der Waals surface area contributed by atoms with E-state index in [0.29, 0.717) is 6.42 Å². The normalized spacial score (nSPS) is 38.5. The molecule has 1 aliphatic heterocycles. The highest BCUT2D eigenvalue weighted by molar-refractivity contribution is 4.82. The van der Waals surface area contributed by atoms with Crippen molar-refractivity contribution >= 4 is 0 Å². The maximum absolute atomic E-state index is 9.51. The highest BCUT2D eigenvalue weighted by Gasteiger charge is 2.37. The van der Waals surface area contributed by atoms with Gasteiger partial charge in [-0.1, -0.05) is 0 Å². The summed E-state index contributed by atoms with van der Waals surface area (Å²) in [6.07, 6.45) is -0.609. The van der Waals surface area contributed by atoms with E-state index in [1.807, 2.05) is 6.92 Å². The number of aliphatic hydroxyl groups excluding tert-OH is 1. The number of rotatable bonds is 3. The predicted octanol–water partition coefficient (Wildman–Crippen LogP) is 0.144. The Bertz CT molecular complexity index is 139. The fourth-order valence-corrected chi connectivity index (χ4v) is 1.36. The number of methoxy groups -OCH3 is 2. The Morgan fingerprint density at radius 2 is 2.17 bits per heavy atom. The Kier molecular flexibility index (Phi) is 3.46. The topological polar surface area (TPSA) is 47.9 Å². The lowest BCUT2D eigenvalue weighted by molar-refractivity contribution is -0.147. The van der Waals surface area contributed by atoms with Gasteiger partial charge in [0.25, 0.3) is 0 Å². The summed E-state index contributed by atoms with van der Waals surface area (Å²) in [5, 5.41) is 9.51. The molecule has 1 aliphatic rings. The molecule has 0 saturated carbocycles. The van der Waals surface area contributed by atoms with Crippen LogP contribution in [0.1, 0.15) is 13.3 Å². The van der Waals surface area contributed by atoms with Crippen LogP contribution in [0, 0.1) is 0 Å². The van der Waals surface area contributed by atoms with Crippen molar-refractivity contribution in [1.29, 1.82) is 0 Å². The summed E-state index contributed by atoms with van der Waals surface area (Å²) >= 11 is 0. The summed E-state index contributed by atoms with van der Waals surface area (Å²) in [5.74, 6) is 0. The summed E-state index contributed by atoms with van der Waals surface area (Å²) in [6, 6.07) is 0. The van der Waals surface area contributed by atoms with Gasteiger partial charge in [0.05, 0.1) is 12.2 Å². The van der Waals surface area contributed by atoms with Crippen molar-refractivity contribution in [2.24, 2.45) is 0 Å². The molecule has 0 aliphatic carbocycles. The molecule has 0 aromatic carbocycles. The van der Waals surface area contributed by atoms with Crippen LogP contribution in [0.25, 0.3) is 0 Å². The van der Waals surface area contributed by atoms with Gasteiger partial charge in [-0.05, 0) is 6.92 Å². The van der Waals surface area contributed by atoms with Crippen LogP contribution < -0.4 is 0 Å². The second-order valence-corrected chi connectivity index (χ2v) is 3.01. The highest BCUT2D eigenvalue weighted by atomic mass is 16.7. The summed E-state index contributed by atoms with van der Waals surface area (Å²) < 4.78 is 15.4. The van der Waals surface area contributed by atoms with E-state index in [-0.39, 0.29) is 18.5 Å². The van der Waals surface area contributed by atoms with Crippen LogP contribution in [0.2, 0.25) is 0 Å². The number of ether oxygens (including phenoxy) is 3. The molecule has 1 fully saturated rings. The lowest BCUT2D eigenvalue weighted by atomic mass is 10.1. The first-order valence-corrected chi connectivity index (χ1v) is 4.08. The zero-order valence-electron chi connectivity index (χ0n) is 7.69. The first-order chi connectivity index (χ1) is 5.69.